The highest BCUT2D eigenvalue weighted by Gasteiger charge is 2.55. The maximum absolute atomic E-state index is 13.4. The van der Waals surface area contributed by atoms with E-state index in [0.29, 0.717) is 17.6 Å². The highest BCUT2D eigenvalue weighted by atomic mass is 32.1. The molecule has 5 fully saturated rings. The molecule has 152 valence electrons. The molecule has 0 aromatic carbocycles. The third-order valence-electron chi connectivity index (χ3n) is 7.29. The Labute approximate surface area is 169 Å². The van der Waals surface area contributed by atoms with Crippen LogP contribution in [0.3, 0.4) is 0 Å². The minimum atomic E-state index is -0.0583. The first-order chi connectivity index (χ1) is 13.5. The molecule has 0 atom stereocenters. The van der Waals surface area contributed by atoms with Crippen molar-refractivity contribution in [1.82, 2.24) is 20.0 Å². The molecular formula is C20H29N5O2S. The van der Waals surface area contributed by atoms with Gasteiger partial charge in [-0.25, -0.2) is 0 Å². The summed E-state index contributed by atoms with van der Waals surface area (Å²) in [6.07, 6.45) is 7.47. The van der Waals surface area contributed by atoms with E-state index in [1.54, 1.807) is 0 Å². The summed E-state index contributed by atoms with van der Waals surface area (Å²) in [5.41, 5.74) is -0.0516. The van der Waals surface area contributed by atoms with E-state index in [4.69, 9.17) is 0 Å². The molecule has 5 aliphatic rings. The molecule has 4 aliphatic carbocycles. The van der Waals surface area contributed by atoms with Crippen LogP contribution in [0.2, 0.25) is 0 Å². The molecule has 1 aliphatic heterocycles. The molecule has 0 radical (unpaired) electrons. The largest absolute Gasteiger partial charge is 0.340 e. The zero-order valence-electron chi connectivity index (χ0n) is 16.5. The van der Waals surface area contributed by atoms with Gasteiger partial charge in [0.05, 0.1) is 12.0 Å². The smallest absolute Gasteiger partial charge is 0.240 e. The second-order valence-electron chi connectivity index (χ2n) is 9.44. The zero-order valence-corrected chi connectivity index (χ0v) is 17.3. The Morgan fingerprint density at radius 1 is 1.04 bits per heavy atom. The lowest BCUT2D eigenvalue weighted by atomic mass is 9.49. The Kier molecular flexibility index (Phi) is 4.66. The van der Waals surface area contributed by atoms with Gasteiger partial charge in [0.1, 0.15) is 5.01 Å². The molecule has 1 aromatic rings. The summed E-state index contributed by atoms with van der Waals surface area (Å²) in [5, 5.41) is 12.1. The number of carbonyl (C=O) groups is 2. The van der Waals surface area contributed by atoms with Crippen molar-refractivity contribution in [3.05, 3.63) is 5.01 Å². The maximum atomic E-state index is 13.4. The van der Waals surface area contributed by atoms with Crippen molar-refractivity contribution >= 4 is 28.3 Å². The second-order valence-corrected chi connectivity index (χ2v) is 10.6. The number of hydrogen-bond acceptors (Lipinski definition) is 6. The molecule has 4 saturated carbocycles. The number of nitrogens with one attached hydrogen (secondary N) is 1. The lowest BCUT2D eigenvalue weighted by molar-refractivity contribution is -0.159. The van der Waals surface area contributed by atoms with E-state index < -0.39 is 0 Å². The van der Waals surface area contributed by atoms with Crippen LogP contribution in [0.4, 0.5) is 5.13 Å². The highest BCUT2D eigenvalue weighted by Crippen LogP contribution is 2.60. The Hall–Kier alpha value is -1.54. The lowest BCUT2D eigenvalue weighted by Gasteiger charge is -2.57. The van der Waals surface area contributed by atoms with Crippen LogP contribution in [0.1, 0.15) is 43.5 Å². The number of carbonyl (C=O) groups excluding carboxylic acids is 2. The fourth-order valence-corrected chi connectivity index (χ4v) is 7.13. The minimum absolute atomic E-state index is 0.0516. The van der Waals surface area contributed by atoms with Crippen LogP contribution in [-0.2, 0) is 9.59 Å². The van der Waals surface area contributed by atoms with Crippen LogP contribution < -0.4 is 5.32 Å². The summed E-state index contributed by atoms with van der Waals surface area (Å²) in [7, 11) is 0. The molecule has 4 bridgehead atoms. The number of hydrogen-bond donors (Lipinski definition) is 1. The van der Waals surface area contributed by atoms with E-state index in [-0.39, 0.29) is 11.3 Å². The Morgan fingerprint density at radius 2 is 1.64 bits per heavy atom. The summed E-state index contributed by atoms with van der Waals surface area (Å²) in [5.74, 6) is 2.74. The van der Waals surface area contributed by atoms with Crippen molar-refractivity contribution in [2.45, 2.75) is 45.4 Å². The van der Waals surface area contributed by atoms with E-state index in [2.05, 4.69) is 25.3 Å². The first-order valence-electron chi connectivity index (χ1n) is 10.6. The van der Waals surface area contributed by atoms with Crippen molar-refractivity contribution < 1.29 is 9.59 Å². The SMILES string of the molecule is Cc1nnc(NC(=O)CN2CCN(C(=O)C34CC5CC(CC(C5)C3)C4)CC2)s1. The Balaban J connectivity index is 1.14. The average Bonchev–Trinajstić information content (AvgIpc) is 3.05. The number of rotatable bonds is 4. The molecule has 1 N–H and O–H groups in total. The molecule has 2 amide bonds. The molecule has 1 aromatic heterocycles. The van der Waals surface area contributed by atoms with E-state index in [1.807, 2.05) is 6.92 Å². The highest BCUT2D eigenvalue weighted by molar-refractivity contribution is 7.15. The number of piperazine rings is 1. The van der Waals surface area contributed by atoms with Gasteiger partial charge in [0.15, 0.2) is 0 Å². The fraction of sp³-hybridized carbons (Fsp3) is 0.800. The van der Waals surface area contributed by atoms with Crippen LogP contribution >= 0.6 is 11.3 Å². The Morgan fingerprint density at radius 3 is 2.18 bits per heavy atom. The van der Waals surface area contributed by atoms with Gasteiger partial charge >= 0.3 is 0 Å². The molecule has 1 saturated heterocycles. The number of aryl methyl sites for hydroxylation is 1. The van der Waals surface area contributed by atoms with E-state index in [9.17, 15) is 9.59 Å². The summed E-state index contributed by atoms with van der Waals surface area (Å²) in [6, 6.07) is 0. The number of nitrogens with zero attached hydrogens (tertiary/aromatic N) is 4. The first-order valence-corrected chi connectivity index (χ1v) is 11.4. The minimum Gasteiger partial charge on any atom is -0.340 e. The summed E-state index contributed by atoms with van der Waals surface area (Å²) in [4.78, 5) is 29.9. The van der Waals surface area contributed by atoms with Gasteiger partial charge in [0.25, 0.3) is 0 Å². The van der Waals surface area contributed by atoms with E-state index >= 15 is 0 Å². The summed E-state index contributed by atoms with van der Waals surface area (Å²) < 4.78 is 0. The van der Waals surface area contributed by atoms with Crippen molar-refractivity contribution in [2.24, 2.45) is 23.2 Å². The van der Waals surface area contributed by atoms with Crippen LogP contribution in [0, 0.1) is 30.1 Å². The fourth-order valence-electron chi connectivity index (χ4n) is 6.53. The van der Waals surface area contributed by atoms with Gasteiger partial charge in [-0.05, 0) is 63.2 Å². The maximum Gasteiger partial charge on any atom is 0.240 e. The van der Waals surface area contributed by atoms with Crippen molar-refractivity contribution in [3.8, 4) is 0 Å². The van der Waals surface area contributed by atoms with Gasteiger partial charge in [0.2, 0.25) is 16.9 Å². The van der Waals surface area contributed by atoms with Crippen LogP contribution in [0.15, 0.2) is 0 Å². The molecule has 2 heterocycles. The third-order valence-corrected chi connectivity index (χ3v) is 8.05. The molecule has 0 unspecified atom stereocenters. The predicted octanol–water partition coefficient (Wildman–Crippen LogP) is 2.15. The standard InChI is InChI=1S/C20H29N5O2S/c1-13-22-23-19(28-13)21-17(26)12-24-2-4-25(5-3-24)18(27)20-9-14-6-15(10-20)8-16(7-14)11-20/h14-16H,2-12H2,1H3,(H,21,23,26). The quantitative estimate of drug-likeness (QED) is 0.833. The molecule has 0 spiro atoms. The van der Waals surface area contributed by atoms with Gasteiger partial charge in [-0.2, -0.15) is 0 Å². The lowest BCUT2D eigenvalue weighted by Crippen LogP contribution is -2.58. The molecule has 7 nitrogen and oxygen atoms in total. The molecule has 6 rings (SSSR count). The molecular weight excluding hydrogens is 374 g/mol. The van der Waals surface area contributed by atoms with E-state index in [0.717, 1.165) is 68.2 Å². The van der Waals surface area contributed by atoms with E-state index in [1.165, 1.54) is 30.6 Å². The normalized spacial score (nSPS) is 34.6. The van der Waals surface area contributed by atoms with Gasteiger partial charge < -0.3 is 4.90 Å². The molecule has 28 heavy (non-hydrogen) atoms. The summed E-state index contributed by atoms with van der Waals surface area (Å²) >= 11 is 1.38. The third kappa shape index (κ3) is 3.45. The van der Waals surface area contributed by atoms with Gasteiger partial charge in [-0.1, -0.05) is 11.3 Å². The average molecular weight is 404 g/mol. The monoisotopic (exact) mass is 403 g/mol. The van der Waals surface area contributed by atoms with Gasteiger partial charge in [-0.3, -0.25) is 19.8 Å². The molecule has 8 heteroatoms. The summed E-state index contributed by atoms with van der Waals surface area (Å²) in [6.45, 7) is 5.23. The zero-order chi connectivity index (χ0) is 19.3. The second kappa shape index (κ2) is 7.06. The number of amides is 2. The Bertz CT molecular complexity index is 735. The van der Waals surface area contributed by atoms with Gasteiger partial charge in [-0.15, -0.1) is 10.2 Å². The van der Waals surface area contributed by atoms with Crippen LogP contribution in [0.25, 0.3) is 0 Å². The number of anilines is 1. The van der Waals surface area contributed by atoms with Crippen LogP contribution in [-0.4, -0.2) is 64.5 Å². The first kappa shape index (κ1) is 18.5. The van der Waals surface area contributed by atoms with Crippen molar-refractivity contribution in [2.75, 3.05) is 38.0 Å². The van der Waals surface area contributed by atoms with Crippen LogP contribution in [0.5, 0.6) is 0 Å². The topological polar surface area (TPSA) is 78.4 Å². The van der Waals surface area contributed by atoms with Crippen molar-refractivity contribution in [3.63, 3.8) is 0 Å². The van der Waals surface area contributed by atoms with Crippen molar-refractivity contribution in [1.29, 1.82) is 0 Å². The number of aromatic nitrogens is 2. The van der Waals surface area contributed by atoms with Gasteiger partial charge in [0, 0.05) is 26.2 Å². The predicted molar refractivity (Wildman–Crippen MR) is 107 cm³/mol.